The maximum Gasteiger partial charge on any atom is 0.230 e. The zero-order chi connectivity index (χ0) is 9.47. The van der Waals surface area contributed by atoms with E-state index in [0.717, 1.165) is 0 Å². The predicted octanol–water partition coefficient (Wildman–Crippen LogP) is -0.0554. The summed E-state index contributed by atoms with van der Waals surface area (Å²) in [7, 11) is 0. The number of rotatable bonds is 2. The van der Waals surface area contributed by atoms with Gasteiger partial charge >= 0.3 is 0 Å². The molecule has 1 saturated heterocycles. The Morgan fingerprint density at radius 3 is 2.69 bits per heavy atom. The quantitative estimate of drug-likeness (QED) is 0.696. The largest absolute Gasteiger partial charge is 0.424 e. The average molecular weight is 183 g/mol. The summed E-state index contributed by atoms with van der Waals surface area (Å²) in [6.45, 7) is 5.57. The Kier molecular flexibility index (Phi) is 1.85. The van der Waals surface area contributed by atoms with Gasteiger partial charge in [0.2, 0.25) is 11.8 Å². The van der Waals surface area contributed by atoms with Crippen molar-refractivity contribution in [1.29, 1.82) is 0 Å². The van der Waals surface area contributed by atoms with Crippen molar-refractivity contribution >= 4 is 0 Å². The third-order valence-electron chi connectivity index (χ3n) is 2.06. The molecule has 1 aliphatic heterocycles. The maximum absolute atomic E-state index is 9.46. The molecular weight excluding hydrogens is 170 g/mol. The Hall–Kier alpha value is -0.940. The van der Waals surface area contributed by atoms with Crippen molar-refractivity contribution in [2.75, 3.05) is 13.1 Å². The van der Waals surface area contributed by atoms with Crippen LogP contribution in [0.2, 0.25) is 0 Å². The first-order valence-electron chi connectivity index (χ1n) is 4.29. The molecule has 13 heavy (non-hydrogen) atoms. The van der Waals surface area contributed by atoms with Crippen LogP contribution in [0.5, 0.6) is 0 Å². The van der Waals surface area contributed by atoms with Crippen LogP contribution in [0.3, 0.4) is 0 Å². The zero-order valence-electron chi connectivity index (χ0n) is 7.82. The Bertz CT molecular complexity index is 300. The molecule has 5 heteroatoms. The van der Waals surface area contributed by atoms with Crippen LogP contribution in [0.1, 0.15) is 18.7 Å². The molecule has 1 N–H and O–H groups in total. The van der Waals surface area contributed by atoms with Gasteiger partial charge in [0.1, 0.15) is 0 Å². The molecule has 0 bridgehead atoms. The van der Waals surface area contributed by atoms with Crippen LogP contribution in [0.15, 0.2) is 4.42 Å². The minimum Gasteiger partial charge on any atom is -0.424 e. The van der Waals surface area contributed by atoms with Crippen LogP contribution < -0.4 is 0 Å². The van der Waals surface area contributed by atoms with Gasteiger partial charge in [0, 0.05) is 20.0 Å². The molecule has 0 saturated carbocycles. The van der Waals surface area contributed by atoms with Gasteiger partial charge in [-0.1, -0.05) is 0 Å². The number of β-amino-alcohol motifs (C(OH)–C–C–N with tert-alkyl or cyclic N) is 1. The minimum absolute atomic E-state index is 0.533. The molecule has 0 aliphatic carbocycles. The summed E-state index contributed by atoms with van der Waals surface area (Å²) in [5, 5.41) is 17.1. The first kappa shape index (κ1) is 8.65. The lowest BCUT2D eigenvalue weighted by atomic mass is 9.97. The number of aromatic nitrogens is 2. The lowest BCUT2D eigenvalue weighted by molar-refractivity contribution is -0.0897. The second kappa shape index (κ2) is 2.78. The molecule has 2 heterocycles. The van der Waals surface area contributed by atoms with E-state index in [-0.39, 0.29) is 0 Å². The topological polar surface area (TPSA) is 62.4 Å². The Balaban J connectivity index is 1.87. The lowest BCUT2D eigenvalue weighted by Gasteiger charge is -2.43. The maximum atomic E-state index is 9.46. The van der Waals surface area contributed by atoms with E-state index in [1.54, 1.807) is 6.92 Å². The second-order valence-electron chi connectivity index (χ2n) is 3.86. The summed E-state index contributed by atoms with van der Waals surface area (Å²) >= 11 is 0. The molecule has 0 spiro atoms. The minimum atomic E-state index is -0.533. The van der Waals surface area contributed by atoms with Gasteiger partial charge in [0.05, 0.1) is 12.1 Å². The molecule has 2 rings (SSSR count). The van der Waals surface area contributed by atoms with Crippen molar-refractivity contribution < 1.29 is 9.52 Å². The molecular formula is C8H13N3O2. The molecule has 5 nitrogen and oxygen atoms in total. The van der Waals surface area contributed by atoms with Crippen molar-refractivity contribution in [3.8, 4) is 0 Å². The highest BCUT2D eigenvalue weighted by Crippen LogP contribution is 2.21. The van der Waals surface area contributed by atoms with Gasteiger partial charge in [-0.2, -0.15) is 0 Å². The lowest BCUT2D eigenvalue weighted by Crippen LogP contribution is -2.59. The normalized spacial score (nSPS) is 21.5. The van der Waals surface area contributed by atoms with Gasteiger partial charge < -0.3 is 9.52 Å². The van der Waals surface area contributed by atoms with Crippen LogP contribution in [-0.4, -0.2) is 38.9 Å². The summed E-state index contributed by atoms with van der Waals surface area (Å²) in [4.78, 5) is 2.06. The van der Waals surface area contributed by atoms with Crippen molar-refractivity contribution in [3.63, 3.8) is 0 Å². The summed E-state index contributed by atoms with van der Waals surface area (Å²) in [6.07, 6.45) is 0. The first-order chi connectivity index (χ1) is 6.05. The second-order valence-corrected chi connectivity index (χ2v) is 3.86. The number of nitrogens with zero attached hydrogens (tertiary/aromatic N) is 3. The summed E-state index contributed by atoms with van der Waals surface area (Å²) in [6, 6.07) is 0. The van der Waals surface area contributed by atoms with Crippen LogP contribution in [0, 0.1) is 6.92 Å². The van der Waals surface area contributed by atoms with Crippen LogP contribution >= 0.6 is 0 Å². The van der Waals surface area contributed by atoms with Gasteiger partial charge in [-0.15, -0.1) is 10.2 Å². The van der Waals surface area contributed by atoms with Crippen molar-refractivity contribution in [2.45, 2.75) is 26.0 Å². The Morgan fingerprint density at radius 1 is 1.54 bits per heavy atom. The van der Waals surface area contributed by atoms with Crippen LogP contribution in [0.4, 0.5) is 0 Å². The molecule has 72 valence electrons. The van der Waals surface area contributed by atoms with Gasteiger partial charge in [-0.3, -0.25) is 4.90 Å². The van der Waals surface area contributed by atoms with Crippen LogP contribution in [-0.2, 0) is 6.54 Å². The fourth-order valence-corrected chi connectivity index (χ4v) is 1.62. The SMILES string of the molecule is Cc1nnc(CN2CC(C)(O)C2)o1. The molecule has 0 unspecified atom stereocenters. The highest BCUT2D eigenvalue weighted by atomic mass is 16.4. The fraction of sp³-hybridized carbons (Fsp3) is 0.750. The van der Waals surface area contributed by atoms with E-state index in [0.29, 0.717) is 31.4 Å². The van der Waals surface area contributed by atoms with Gasteiger partial charge in [0.15, 0.2) is 0 Å². The van der Waals surface area contributed by atoms with E-state index in [1.807, 2.05) is 6.92 Å². The number of likely N-dealkylation sites (tertiary alicyclic amines) is 1. The Morgan fingerprint density at radius 2 is 2.23 bits per heavy atom. The Labute approximate surface area is 76.4 Å². The highest BCUT2D eigenvalue weighted by Gasteiger charge is 2.36. The third-order valence-corrected chi connectivity index (χ3v) is 2.06. The van der Waals surface area contributed by atoms with Gasteiger partial charge in [0.25, 0.3) is 0 Å². The summed E-state index contributed by atoms with van der Waals surface area (Å²) in [5.41, 5.74) is -0.533. The molecule has 1 aromatic rings. The molecule has 0 amide bonds. The van der Waals surface area contributed by atoms with E-state index < -0.39 is 5.60 Å². The van der Waals surface area contributed by atoms with Crippen molar-refractivity contribution in [2.24, 2.45) is 0 Å². The van der Waals surface area contributed by atoms with Crippen molar-refractivity contribution in [1.82, 2.24) is 15.1 Å². The third kappa shape index (κ3) is 1.87. The molecule has 0 atom stereocenters. The van der Waals surface area contributed by atoms with Crippen LogP contribution in [0.25, 0.3) is 0 Å². The molecule has 0 aromatic carbocycles. The monoisotopic (exact) mass is 183 g/mol. The van der Waals surface area contributed by atoms with E-state index in [4.69, 9.17) is 4.42 Å². The standard InChI is InChI=1S/C8H13N3O2/c1-6-9-10-7(13-6)3-11-4-8(2,12)5-11/h12H,3-5H2,1-2H3. The number of aryl methyl sites for hydroxylation is 1. The molecule has 1 aromatic heterocycles. The zero-order valence-corrected chi connectivity index (χ0v) is 7.82. The van der Waals surface area contributed by atoms with Gasteiger partial charge in [-0.05, 0) is 6.92 Å². The fourth-order valence-electron chi connectivity index (χ4n) is 1.62. The molecule has 0 radical (unpaired) electrons. The van der Waals surface area contributed by atoms with E-state index >= 15 is 0 Å². The molecule has 1 aliphatic rings. The first-order valence-corrected chi connectivity index (χ1v) is 4.29. The summed E-state index contributed by atoms with van der Waals surface area (Å²) in [5.74, 6) is 1.20. The molecule has 1 fully saturated rings. The predicted molar refractivity (Wildman–Crippen MR) is 44.9 cm³/mol. The van der Waals surface area contributed by atoms with Gasteiger partial charge in [-0.25, -0.2) is 0 Å². The number of aliphatic hydroxyl groups is 1. The summed E-state index contributed by atoms with van der Waals surface area (Å²) < 4.78 is 5.21. The van der Waals surface area contributed by atoms with E-state index in [1.165, 1.54) is 0 Å². The average Bonchev–Trinajstić information content (AvgIpc) is 2.31. The number of hydrogen-bond donors (Lipinski definition) is 1. The smallest absolute Gasteiger partial charge is 0.230 e. The van der Waals surface area contributed by atoms with Crippen molar-refractivity contribution in [3.05, 3.63) is 11.8 Å². The van der Waals surface area contributed by atoms with E-state index in [2.05, 4.69) is 15.1 Å². The highest BCUT2D eigenvalue weighted by molar-refractivity contribution is 4.93. The van der Waals surface area contributed by atoms with E-state index in [9.17, 15) is 5.11 Å². The number of hydrogen-bond acceptors (Lipinski definition) is 5.